The van der Waals surface area contributed by atoms with Crippen LogP contribution >= 0.6 is 0 Å². The second kappa shape index (κ2) is 6.76. The van der Waals surface area contributed by atoms with E-state index >= 15 is 0 Å². The van der Waals surface area contributed by atoms with E-state index in [2.05, 4.69) is 5.32 Å². The summed E-state index contributed by atoms with van der Waals surface area (Å²) < 4.78 is 10.6. The normalized spacial score (nSPS) is 13.1. The Morgan fingerprint density at radius 3 is 2.69 bits per heavy atom. The molecule has 0 saturated carbocycles. The van der Waals surface area contributed by atoms with Gasteiger partial charge in [-0.05, 0) is 35.9 Å². The molecule has 1 aromatic heterocycles. The summed E-state index contributed by atoms with van der Waals surface area (Å²) in [7, 11) is 0. The van der Waals surface area contributed by atoms with Gasteiger partial charge in [-0.1, -0.05) is 30.3 Å². The third kappa shape index (κ3) is 3.17. The molecule has 6 heteroatoms. The molecule has 0 unspecified atom stereocenters. The minimum atomic E-state index is -0.354. The molecule has 1 aliphatic heterocycles. The second-order valence-corrected chi connectivity index (χ2v) is 5.87. The minimum absolute atomic E-state index is 0.00205. The molecule has 26 heavy (non-hydrogen) atoms. The Balaban J connectivity index is 1.61. The van der Waals surface area contributed by atoms with E-state index in [1.807, 2.05) is 30.3 Å². The quantitative estimate of drug-likeness (QED) is 0.784. The number of rotatable bonds is 4. The summed E-state index contributed by atoms with van der Waals surface area (Å²) >= 11 is 0. The summed E-state index contributed by atoms with van der Waals surface area (Å²) in [4.78, 5) is 26.2. The fourth-order valence-corrected chi connectivity index (χ4v) is 2.82. The number of nitrogens with one attached hydrogen (secondary N) is 1. The number of furan rings is 1. The predicted octanol–water partition coefficient (Wildman–Crippen LogP) is 3.46. The fraction of sp³-hybridized carbons (Fsp3) is 0.100. The number of nitrogens with zero attached hydrogens (tertiary/aromatic N) is 1. The molecule has 4 rings (SSSR count). The van der Waals surface area contributed by atoms with Crippen molar-refractivity contribution in [3.63, 3.8) is 0 Å². The van der Waals surface area contributed by atoms with Gasteiger partial charge in [-0.3, -0.25) is 9.59 Å². The van der Waals surface area contributed by atoms with E-state index < -0.39 is 0 Å². The topological polar surface area (TPSA) is 71.8 Å². The third-order valence-corrected chi connectivity index (χ3v) is 4.09. The molecule has 0 atom stereocenters. The van der Waals surface area contributed by atoms with E-state index in [-0.39, 0.29) is 24.2 Å². The lowest BCUT2D eigenvalue weighted by molar-refractivity contribution is -0.121. The van der Waals surface area contributed by atoms with E-state index in [9.17, 15) is 9.59 Å². The highest BCUT2D eigenvalue weighted by atomic mass is 16.5. The van der Waals surface area contributed by atoms with E-state index in [1.165, 1.54) is 6.26 Å². The average molecular weight is 348 g/mol. The summed E-state index contributed by atoms with van der Waals surface area (Å²) in [5.41, 5.74) is 2.20. The van der Waals surface area contributed by atoms with Gasteiger partial charge in [-0.25, -0.2) is 0 Å². The van der Waals surface area contributed by atoms with Gasteiger partial charge in [0.2, 0.25) is 0 Å². The maximum absolute atomic E-state index is 12.4. The summed E-state index contributed by atoms with van der Waals surface area (Å²) in [6, 6.07) is 18.2. The van der Waals surface area contributed by atoms with Gasteiger partial charge in [0.1, 0.15) is 5.75 Å². The first kappa shape index (κ1) is 16.0. The van der Waals surface area contributed by atoms with Crippen molar-refractivity contribution in [2.75, 3.05) is 16.8 Å². The van der Waals surface area contributed by atoms with Gasteiger partial charge in [0.05, 0.1) is 18.5 Å². The number of carbonyl (C=O) groups excluding carboxylic acids is 2. The van der Waals surface area contributed by atoms with Crippen molar-refractivity contribution in [3.8, 4) is 5.75 Å². The molecule has 2 aromatic carbocycles. The molecule has 0 saturated heterocycles. The molecule has 1 N–H and O–H groups in total. The second-order valence-electron chi connectivity index (χ2n) is 5.87. The molecule has 0 spiro atoms. The van der Waals surface area contributed by atoms with Crippen LogP contribution in [0, 0.1) is 0 Å². The zero-order valence-corrected chi connectivity index (χ0v) is 13.8. The number of hydrogen-bond donors (Lipinski definition) is 1. The number of amides is 2. The molecule has 0 radical (unpaired) electrons. The van der Waals surface area contributed by atoms with Crippen LogP contribution in [0.15, 0.2) is 71.3 Å². The zero-order valence-electron chi connectivity index (χ0n) is 13.8. The third-order valence-electron chi connectivity index (χ3n) is 4.09. The maximum Gasteiger partial charge on any atom is 0.291 e. The van der Waals surface area contributed by atoms with E-state index in [0.29, 0.717) is 23.7 Å². The number of hydrogen-bond acceptors (Lipinski definition) is 4. The predicted molar refractivity (Wildman–Crippen MR) is 96.2 cm³/mol. The zero-order chi connectivity index (χ0) is 17.9. The van der Waals surface area contributed by atoms with Crippen LogP contribution in [-0.4, -0.2) is 18.4 Å². The van der Waals surface area contributed by atoms with Gasteiger partial charge < -0.3 is 19.4 Å². The fourth-order valence-electron chi connectivity index (χ4n) is 2.82. The van der Waals surface area contributed by atoms with Crippen LogP contribution in [0.1, 0.15) is 16.1 Å². The molecule has 3 aromatic rings. The molecule has 2 heterocycles. The lowest BCUT2D eigenvalue weighted by Crippen LogP contribution is -2.38. The SMILES string of the molecule is O=C(Nc1ccc2c(c1)N(Cc1ccccc1)C(=O)CO2)c1ccco1. The monoisotopic (exact) mass is 348 g/mol. The number of benzene rings is 2. The van der Waals surface area contributed by atoms with Crippen LogP contribution in [0.3, 0.4) is 0 Å². The van der Waals surface area contributed by atoms with Crippen LogP contribution in [-0.2, 0) is 11.3 Å². The van der Waals surface area contributed by atoms with Crippen molar-refractivity contribution in [3.05, 3.63) is 78.3 Å². The molecule has 1 aliphatic rings. The molecule has 130 valence electrons. The highest BCUT2D eigenvalue weighted by Crippen LogP contribution is 2.35. The summed E-state index contributed by atoms with van der Waals surface area (Å²) in [5, 5.41) is 2.77. The Hall–Kier alpha value is -3.54. The lowest BCUT2D eigenvalue weighted by Gasteiger charge is -2.30. The van der Waals surface area contributed by atoms with E-state index in [1.54, 1.807) is 35.2 Å². The smallest absolute Gasteiger partial charge is 0.291 e. The van der Waals surface area contributed by atoms with Gasteiger partial charge in [0.25, 0.3) is 11.8 Å². The Bertz CT molecular complexity index is 936. The average Bonchev–Trinajstić information content (AvgIpc) is 3.20. The summed E-state index contributed by atoms with van der Waals surface area (Å²) in [6.45, 7) is 0.434. The Morgan fingerprint density at radius 2 is 1.92 bits per heavy atom. The van der Waals surface area contributed by atoms with Crippen molar-refractivity contribution in [1.82, 2.24) is 0 Å². The molecule has 0 bridgehead atoms. The van der Waals surface area contributed by atoms with E-state index in [4.69, 9.17) is 9.15 Å². The van der Waals surface area contributed by atoms with E-state index in [0.717, 1.165) is 5.56 Å². The van der Waals surface area contributed by atoms with Gasteiger partial charge in [-0.2, -0.15) is 0 Å². The van der Waals surface area contributed by atoms with Crippen LogP contribution in [0.2, 0.25) is 0 Å². The lowest BCUT2D eigenvalue weighted by atomic mass is 10.1. The first-order valence-corrected chi connectivity index (χ1v) is 8.17. The van der Waals surface area contributed by atoms with Crippen LogP contribution in [0.5, 0.6) is 5.75 Å². The molecular weight excluding hydrogens is 332 g/mol. The van der Waals surface area contributed by atoms with Gasteiger partial charge in [0.15, 0.2) is 12.4 Å². The number of anilines is 2. The van der Waals surface area contributed by atoms with Crippen molar-refractivity contribution in [2.45, 2.75) is 6.54 Å². The van der Waals surface area contributed by atoms with Crippen molar-refractivity contribution in [1.29, 1.82) is 0 Å². The minimum Gasteiger partial charge on any atom is -0.482 e. The highest BCUT2D eigenvalue weighted by molar-refractivity contribution is 6.03. The largest absolute Gasteiger partial charge is 0.482 e. The maximum atomic E-state index is 12.4. The molecule has 0 aliphatic carbocycles. The van der Waals surface area contributed by atoms with Gasteiger partial charge in [-0.15, -0.1) is 0 Å². The number of carbonyl (C=O) groups is 2. The number of fused-ring (bicyclic) bond motifs is 1. The van der Waals surface area contributed by atoms with Crippen molar-refractivity contribution >= 4 is 23.2 Å². The molecular formula is C20H16N2O4. The highest BCUT2D eigenvalue weighted by Gasteiger charge is 2.26. The standard InChI is InChI=1S/C20H16N2O4/c23-19-13-26-17-9-8-15(21-20(24)18-7-4-10-25-18)11-16(17)22(19)12-14-5-2-1-3-6-14/h1-11H,12-13H2,(H,21,24). The van der Waals surface area contributed by atoms with Crippen molar-refractivity contribution < 1.29 is 18.7 Å². The van der Waals surface area contributed by atoms with Crippen LogP contribution < -0.4 is 15.0 Å². The molecule has 6 nitrogen and oxygen atoms in total. The van der Waals surface area contributed by atoms with Crippen molar-refractivity contribution in [2.24, 2.45) is 0 Å². The summed E-state index contributed by atoms with van der Waals surface area (Å²) in [5.74, 6) is 0.344. The number of ether oxygens (including phenoxy) is 1. The Labute approximate surface area is 150 Å². The Kier molecular flexibility index (Phi) is 4.15. The van der Waals surface area contributed by atoms with Gasteiger partial charge in [0, 0.05) is 5.69 Å². The van der Waals surface area contributed by atoms with Crippen LogP contribution in [0.25, 0.3) is 0 Å². The first-order chi connectivity index (χ1) is 12.7. The molecule has 0 fully saturated rings. The first-order valence-electron chi connectivity index (χ1n) is 8.17. The molecule has 2 amide bonds. The Morgan fingerprint density at radius 1 is 1.08 bits per heavy atom. The van der Waals surface area contributed by atoms with Crippen LogP contribution in [0.4, 0.5) is 11.4 Å². The summed E-state index contributed by atoms with van der Waals surface area (Å²) in [6.07, 6.45) is 1.44. The van der Waals surface area contributed by atoms with Gasteiger partial charge >= 0.3 is 0 Å².